The zero-order valence-corrected chi connectivity index (χ0v) is 10.5. The number of methoxy groups -OCH3 is 1. The van der Waals surface area contributed by atoms with Crippen LogP contribution in [-0.4, -0.2) is 13.7 Å². The van der Waals surface area contributed by atoms with E-state index in [0.717, 1.165) is 12.3 Å². The van der Waals surface area contributed by atoms with E-state index in [9.17, 15) is 0 Å². The van der Waals surface area contributed by atoms with Crippen LogP contribution in [0.2, 0.25) is 5.02 Å². The van der Waals surface area contributed by atoms with E-state index in [1.165, 1.54) is 11.1 Å². The molecule has 0 aliphatic carbocycles. The molecule has 0 heterocycles. The molecule has 0 bridgehead atoms. The van der Waals surface area contributed by atoms with Crippen molar-refractivity contribution in [2.45, 2.75) is 26.8 Å². The van der Waals surface area contributed by atoms with Gasteiger partial charge in [0, 0.05) is 6.04 Å². The zero-order valence-electron chi connectivity index (χ0n) is 9.73. The Kier molecular flexibility index (Phi) is 4.43. The number of nitrogens with one attached hydrogen (secondary N) is 1. The predicted molar refractivity (Wildman–Crippen MR) is 64.8 cm³/mol. The Morgan fingerprint density at radius 2 is 2.13 bits per heavy atom. The predicted octanol–water partition coefficient (Wildman–Crippen LogP) is 3.33. The summed E-state index contributed by atoms with van der Waals surface area (Å²) in [6, 6.07) is 4.27. The number of hydrogen-bond donors (Lipinski definition) is 1. The second-order valence-corrected chi connectivity index (χ2v) is 4.03. The molecule has 0 radical (unpaired) electrons. The quantitative estimate of drug-likeness (QED) is 0.852. The highest BCUT2D eigenvalue weighted by Gasteiger charge is 2.11. The highest BCUT2D eigenvalue weighted by molar-refractivity contribution is 6.32. The van der Waals surface area contributed by atoms with Crippen LogP contribution in [0.5, 0.6) is 5.75 Å². The van der Waals surface area contributed by atoms with E-state index >= 15 is 0 Å². The van der Waals surface area contributed by atoms with Crippen LogP contribution in [0.1, 0.15) is 31.0 Å². The number of halogens is 1. The number of ether oxygens (including phenoxy) is 1. The topological polar surface area (TPSA) is 21.3 Å². The third kappa shape index (κ3) is 2.86. The summed E-state index contributed by atoms with van der Waals surface area (Å²) in [5, 5.41) is 4.04. The maximum atomic E-state index is 6.09. The fourth-order valence-corrected chi connectivity index (χ4v) is 1.96. The standard InChI is InChI=1S/C12H18ClNO/c1-5-14-9(3)10-7-11(13)12(15-4)6-8(10)2/h6-7,9,14H,5H2,1-4H3. The van der Waals surface area contributed by atoms with E-state index in [4.69, 9.17) is 16.3 Å². The molecule has 0 aromatic heterocycles. The maximum absolute atomic E-state index is 6.09. The minimum Gasteiger partial charge on any atom is -0.495 e. The summed E-state index contributed by atoms with van der Waals surface area (Å²) >= 11 is 6.09. The molecule has 1 rings (SSSR count). The Hall–Kier alpha value is -0.730. The summed E-state index contributed by atoms with van der Waals surface area (Å²) in [7, 11) is 1.63. The second kappa shape index (κ2) is 5.38. The molecule has 1 aromatic carbocycles. The van der Waals surface area contributed by atoms with Crippen molar-refractivity contribution in [2.24, 2.45) is 0 Å². The van der Waals surface area contributed by atoms with E-state index in [2.05, 4.69) is 26.1 Å². The highest BCUT2D eigenvalue weighted by Crippen LogP contribution is 2.30. The van der Waals surface area contributed by atoms with Crippen LogP contribution in [-0.2, 0) is 0 Å². The van der Waals surface area contributed by atoms with Crippen molar-refractivity contribution >= 4 is 11.6 Å². The van der Waals surface area contributed by atoms with Gasteiger partial charge < -0.3 is 10.1 Å². The SMILES string of the molecule is CCNC(C)c1cc(Cl)c(OC)cc1C. The number of rotatable bonds is 4. The van der Waals surface area contributed by atoms with Crippen molar-refractivity contribution in [1.29, 1.82) is 0 Å². The van der Waals surface area contributed by atoms with Crippen LogP contribution in [0, 0.1) is 6.92 Å². The lowest BCUT2D eigenvalue weighted by atomic mass is 10.0. The Balaban J connectivity index is 3.04. The average molecular weight is 228 g/mol. The Bertz CT molecular complexity index is 339. The first-order valence-corrected chi connectivity index (χ1v) is 5.55. The molecule has 0 aliphatic rings. The third-order valence-corrected chi connectivity index (χ3v) is 2.81. The van der Waals surface area contributed by atoms with Crippen LogP contribution in [0.4, 0.5) is 0 Å². The van der Waals surface area contributed by atoms with Crippen LogP contribution in [0.3, 0.4) is 0 Å². The molecule has 3 heteroatoms. The van der Waals surface area contributed by atoms with Gasteiger partial charge in [0.25, 0.3) is 0 Å². The van der Waals surface area contributed by atoms with Gasteiger partial charge in [-0.3, -0.25) is 0 Å². The average Bonchev–Trinajstić information content (AvgIpc) is 2.21. The molecule has 15 heavy (non-hydrogen) atoms. The number of benzene rings is 1. The van der Waals surface area contributed by atoms with Gasteiger partial charge in [0.05, 0.1) is 12.1 Å². The summed E-state index contributed by atoms with van der Waals surface area (Å²) in [5.74, 6) is 0.738. The molecule has 0 saturated carbocycles. The lowest BCUT2D eigenvalue weighted by Gasteiger charge is -2.17. The Morgan fingerprint density at radius 1 is 1.47 bits per heavy atom. The molecule has 1 unspecified atom stereocenters. The van der Waals surface area contributed by atoms with Gasteiger partial charge in [0.1, 0.15) is 5.75 Å². The molecule has 0 spiro atoms. The Morgan fingerprint density at radius 3 is 2.67 bits per heavy atom. The molecule has 0 aliphatic heterocycles. The van der Waals surface area contributed by atoms with Gasteiger partial charge in [0.15, 0.2) is 0 Å². The van der Waals surface area contributed by atoms with Gasteiger partial charge in [0.2, 0.25) is 0 Å². The molecule has 0 fully saturated rings. The molecule has 2 nitrogen and oxygen atoms in total. The van der Waals surface area contributed by atoms with E-state index in [1.807, 2.05) is 12.1 Å². The highest BCUT2D eigenvalue weighted by atomic mass is 35.5. The van der Waals surface area contributed by atoms with Crippen LogP contribution < -0.4 is 10.1 Å². The van der Waals surface area contributed by atoms with Gasteiger partial charge in [-0.2, -0.15) is 0 Å². The smallest absolute Gasteiger partial charge is 0.137 e. The summed E-state index contributed by atoms with van der Waals surface area (Å²) in [5.41, 5.74) is 2.42. The minimum atomic E-state index is 0.318. The van der Waals surface area contributed by atoms with Gasteiger partial charge in [-0.25, -0.2) is 0 Å². The molecule has 0 amide bonds. The normalized spacial score (nSPS) is 12.6. The van der Waals surface area contributed by atoms with E-state index < -0.39 is 0 Å². The lowest BCUT2D eigenvalue weighted by Crippen LogP contribution is -2.18. The van der Waals surface area contributed by atoms with E-state index in [0.29, 0.717) is 11.1 Å². The summed E-state index contributed by atoms with van der Waals surface area (Å²) in [6.45, 7) is 7.25. The zero-order chi connectivity index (χ0) is 11.4. The lowest BCUT2D eigenvalue weighted by molar-refractivity contribution is 0.414. The maximum Gasteiger partial charge on any atom is 0.137 e. The van der Waals surface area contributed by atoms with Gasteiger partial charge >= 0.3 is 0 Å². The molecule has 1 atom stereocenters. The fraction of sp³-hybridized carbons (Fsp3) is 0.500. The van der Waals surface area contributed by atoms with Crippen molar-refractivity contribution in [3.63, 3.8) is 0 Å². The van der Waals surface area contributed by atoms with Gasteiger partial charge in [-0.05, 0) is 43.7 Å². The van der Waals surface area contributed by atoms with E-state index in [-0.39, 0.29) is 0 Å². The van der Waals surface area contributed by atoms with Crippen molar-refractivity contribution in [2.75, 3.05) is 13.7 Å². The van der Waals surface area contributed by atoms with Gasteiger partial charge in [-0.1, -0.05) is 18.5 Å². The monoisotopic (exact) mass is 227 g/mol. The molecular weight excluding hydrogens is 210 g/mol. The minimum absolute atomic E-state index is 0.318. The fourth-order valence-electron chi connectivity index (χ4n) is 1.71. The molecule has 84 valence electrons. The largest absolute Gasteiger partial charge is 0.495 e. The molecular formula is C12H18ClNO. The van der Waals surface area contributed by atoms with Crippen molar-refractivity contribution in [3.05, 3.63) is 28.3 Å². The van der Waals surface area contributed by atoms with Crippen LogP contribution in [0.15, 0.2) is 12.1 Å². The van der Waals surface area contributed by atoms with Crippen molar-refractivity contribution in [3.8, 4) is 5.75 Å². The second-order valence-electron chi connectivity index (χ2n) is 3.62. The Labute approximate surface area is 96.6 Å². The summed E-state index contributed by atoms with van der Waals surface area (Å²) in [4.78, 5) is 0. The first kappa shape index (κ1) is 12.3. The molecule has 1 N–H and O–H groups in total. The number of aryl methyl sites for hydroxylation is 1. The summed E-state index contributed by atoms with van der Waals surface area (Å²) in [6.07, 6.45) is 0. The molecule has 0 saturated heterocycles. The molecule has 1 aromatic rings. The third-order valence-electron chi connectivity index (χ3n) is 2.52. The first-order valence-electron chi connectivity index (χ1n) is 5.17. The van der Waals surface area contributed by atoms with Crippen molar-refractivity contribution < 1.29 is 4.74 Å². The van der Waals surface area contributed by atoms with Crippen LogP contribution >= 0.6 is 11.6 Å². The van der Waals surface area contributed by atoms with Crippen molar-refractivity contribution in [1.82, 2.24) is 5.32 Å². The van der Waals surface area contributed by atoms with Gasteiger partial charge in [-0.15, -0.1) is 0 Å². The summed E-state index contributed by atoms with van der Waals surface area (Å²) < 4.78 is 5.17. The first-order chi connectivity index (χ1) is 7.10. The van der Waals surface area contributed by atoms with Crippen LogP contribution in [0.25, 0.3) is 0 Å². The van der Waals surface area contributed by atoms with E-state index in [1.54, 1.807) is 7.11 Å². The number of hydrogen-bond acceptors (Lipinski definition) is 2.